The number of nitrogens with one attached hydrogen (secondary N) is 1. The fourth-order valence-electron chi connectivity index (χ4n) is 2.94. The number of ether oxygens (including phenoxy) is 2. The fourth-order valence-corrected chi connectivity index (χ4v) is 2.94. The van der Waals surface area contributed by atoms with Gasteiger partial charge in [0, 0.05) is 25.7 Å². The molecule has 1 rings (SSSR count). The summed E-state index contributed by atoms with van der Waals surface area (Å²) in [4.78, 5) is 14.4. The van der Waals surface area contributed by atoms with Crippen LogP contribution in [0.25, 0.3) is 0 Å². The summed E-state index contributed by atoms with van der Waals surface area (Å²) in [6, 6.07) is 0.238. The topological polar surface area (TPSA) is 50.8 Å². The normalized spacial score (nSPS) is 27.4. The first-order valence-corrected chi connectivity index (χ1v) is 7.50. The summed E-state index contributed by atoms with van der Waals surface area (Å²) in [7, 11) is 1.45. The Labute approximate surface area is 123 Å². The molecule has 1 saturated heterocycles. The third kappa shape index (κ3) is 5.04. The molecule has 0 saturated carbocycles. The lowest BCUT2D eigenvalue weighted by molar-refractivity contribution is -0.149. The highest BCUT2D eigenvalue weighted by Gasteiger charge is 2.35. The molecule has 0 bridgehead atoms. The molecule has 118 valence electrons. The zero-order valence-corrected chi connectivity index (χ0v) is 13.7. The number of methoxy groups -OCH3 is 1. The van der Waals surface area contributed by atoms with Gasteiger partial charge in [-0.3, -0.25) is 15.0 Å². The minimum Gasteiger partial charge on any atom is -0.468 e. The molecular weight excluding hydrogens is 256 g/mol. The number of esters is 1. The van der Waals surface area contributed by atoms with Gasteiger partial charge < -0.3 is 9.47 Å². The monoisotopic (exact) mass is 286 g/mol. The van der Waals surface area contributed by atoms with E-state index in [4.69, 9.17) is 9.47 Å². The molecule has 1 heterocycles. The summed E-state index contributed by atoms with van der Waals surface area (Å²) in [6.45, 7) is 12.9. The van der Waals surface area contributed by atoms with Gasteiger partial charge in [-0.2, -0.15) is 0 Å². The van der Waals surface area contributed by atoms with Crippen molar-refractivity contribution in [2.24, 2.45) is 0 Å². The predicted octanol–water partition coefficient (Wildman–Crippen LogP) is 1.42. The number of hydrogen-bond donors (Lipinski definition) is 1. The van der Waals surface area contributed by atoms with E-state index >= 15 is 0 Å². The number of carbonyl (C=O) groups excluding carboxylic acids is 1. The van der Waals surface area contributed by atoms with Crippen molar-refractivity contribution in [1.82, 2.24) is 10.2 Å². The Kier molecular flexibility index (Phi) is 6.43. The lowest BCUT2D eigenvalue weighted by Crippen LogP contribution is -2.55. The van der Waals surface area contributed by atoms with Gasteiger partial charge in [-0.05, 0) is 41.0 Å². The minimum atomic E-state index is -0.631. The van der Waals surface area contributed by atoms with E-state index < -0.39 is 5.54 Å². The van der Waals surface area contributed by atoms with Crippen LogP contribution in [0.3, 0.4) is 0 Å². The second-order valence-corrected chi connectivity index (χ2v) is 6.39. The smallest absolute Gasteiger partial charge is 0.325 e. The molecule has 0 amide bonds. The summed E-state index contributed by atoms with van der Waals surface area (Å²) in [5.41, 5.74) is -0.631. The standard InChI is InChI=1S/C15H30N2O3/c1-11(2)16-15(5,14(18)19-6)7-8-17-9-12(3)20-13(4)10-17/h11-13,16H,7-10H2,1-6H3. The van der Waals surface area contributed by atoms with Gasteiger partial charge in [-0.15, -0.1) is 0 Å². The Bertz CT molecular complexity index is 312. The van der Waals surface area contributed by atoms with Crippen LogP contribution in [-0.2, 0) is 14.3 Å². The van der Waals surface area contributed by atoms with E-state index in [1.165, 1.54) is 7.11 Å². The maximum Gasteiger partial charge on any atom is 0.325 e. The van der Waals surface area contributed by atoms with Crippen molar-refractivity contribution in [3.8, 4) is 0 Å². The molecule has 1 aliphatic heterocycles. The van der Waals surface area contributed by atoms with Gasteiger partial charge >= 0.3 is 5.97 Å². The van der Waals surface area contributed by atoms with Crippen molar-refractivity contribution in [3.63, 3.8) is 0 Å². The molecule has 0 aromatic rings. The molecule has 0 aromatic carbocycles. The van der Waals surface area contributed by atoms with Gasteiger partial charge in [0.05, 0.1) is 19.3 Å². The number of nitrogens with zero attached hydrogens (tertiary/aromatic N) is 1. The summed E-state index contributed by atoms with van der Waals surface area (Å²) >= 11 is 0. The number of morpholine rings is 1. The van der Waals surface area contributed by atoms with Crippen LogP contribution in [0.4, 0.5) is 0 Å². The zero-order valence-electron chi connectivity index (χ0n) is 13.7. The first-order valence-electron chi connectivity index (χ1n) is 7.50. The maximum atomic E-state index is 12.0. The van der Waals surface area contributed by atoms with Crippen LogP contribution in [0.5, 0.6) is 0 Å². The molecule has 20 heavy (non-hydrogen) atoms. The van der Waals surface area contributed by atoms with Crippen molar-refractivity contribution in [1.29, 1.82) is 0 Å². The summed E-state index contributed by atoms with van der Waals surface area (Å²) in [6.07, 6.45) is 1.24. The Morgan fingerprint density at radius 1 is 1.40 bits per heavy atom. The van der Waals surface area contributed by atoms with Crippen molar-refractivity contribution in [2.75, 3.05) is 26.7 Å². The molecule has 1 aliphatic rings. The largest absolute Gasteiger partial charge is 0.468 e. The van der Waals surface area contributed by atoms with Gasteiger partial charge in [-0.25, -0.2) is 0 Å². The van der Waals surface area contributed by atoms with Crippen LogP contribution < -0.4 is 5.32 Å². The van der Waals surface area contributed by atoms with Crippen LogP contribution in [0.15, 0.2) is 0 Å². The van der Waals surface area contributed by atoms with Crippen LogP contribution in [-0.4, -0.2) is 61.4 Å². The van der Waals surface area contributed by atoms with Gasteiger partial charge in [0.1, 0.15) is 5.54 Å². The molecule has 5 heteroatoms. The number of carbonyl (C=O) groups is 1. The molecule has 5 nitrogen and oxygen atoms in total. The first-order chi connectivity index (χ1) is 9.26. The Morgan fingerprint density at radius 2 is 1.95 bits per heavy atom. The number of rotatable bonds is 6. The molecule has 0 radical (unpaired) electrons. The van der Waals surface area contributed by atoms with E-state index in [0.29, 0.717) is 0 Å². The third-order valence-corrected chi connectivity index (χ3v) is 3.67. The molecule has 0 aromatic heterocycles. The third-order valence-electron chi connectivity index (χ3n) is 3.67. The van der Waals surface area contributed by atoms with Crippen LogP contribution >= 0.6 is 0 Å². The second kappa shape index (κ2) is 7.38. The van der Waals surface area contributed by atoms with Gasteiger partial charge in [0.2, 0.25) is 0 Å². The van der Waals surface area contributed by atoms with E-state index in [2.05, 4.69) is 24.1 Å². The molecule has 3 unspecified atom stereocenters. The van der Waals surface area contributed by atoms with Crippen LogP contribution in [0.1, 0.15) is 41.0 Å². The SMILES string of the molecule is COC(=O)C(C)(CCN1CC(C)OC(C)C1)NC(C)C. The molecule has 3 atom stereocenters. The predicted molar refractivity (Wildman–Crippen MR) is 79.8 cm³/mol. The van der Waals surface area contributed by atoms with Crippen molar-refractivity contribution < 1.29 is 14.3 Å². The summed E-state index contributed by atoms with van der Waals surface area (Å²) < 4.78 is 10.7. The average Bonchev–Trinajstić information content (AvgIpc) is 2.33. The number of hydrogen-bond acceptors (Lipinski definition) is 5. The zero-order chi connectivity index (χ0) is 15.3. The Balaban J connectivity index is 2.59. The summed E-state index contributed by atoms with van der Waals surface area (Å²) in [5, 5.41) is 3.34. The highest BCUT2D eigenvalue weighted by Crippen LogP contribution is 2.17. The van der Waals surface area contributed by atoms with Crippen LogP contribution in [0, 0.1) is 0 Å². The molecule has 0 spiro atoms. The van der Waals surface area contributed by atoms with Crippen molar-refractivity contribution in [3.05, 3.63) is 0 Å². The van der Waals surface area contributed by atoms with Gasteiger partial charge in [-0.1, -0.05) is 0 Å². The Morgan fingerprint density at radius 3 is 2.40 bits per heavy atom. The molecule has 0 aliphatic carbocycles. The second-order valence-electron chi connectivity index (χ2n) is 6.39. The lowest BCUT2D eigenvalue weighted by Gasteiger charge is -2.38. The lowest BCUT2D eigenvalue weighted by atomic mass is 9.96. The maximum absolute atomic E-state index is 12.0. The van der Waals surface area contributed by atoms with E-state index in [9.17, 15) is 4.79 Å². The highest BCUT2D eigenvalue weighted by molar-refractivity contribution is 5.80. The molecule has 1 fully saturated rings. The first kappa shape index (κ1) is 17.4. The molecular formula is C15H30N2O3. The summed E-state index contributed by atoms with van der Waals surface area (Å²) in [5.74, 6) is -0.194. The van der Waals surface area contributed by atoms with Crippen LogP contribution in [0.2, 0.25) is 0 Å². The minimum absolute atomic E-state index is 0.194. The Hall–Kier alpha value is -0.650. The average molecular weight is 286 g/mol. The van der Waals surface area contributed by atoms with E-state index in [-0.39, 0.29) is 24.2 Å². The highest BCUT2D eigenvalue weighted by atomic mass is 16.5. The van der Waals surface area contributed by atoms with E-state index in [1.807, 2.05) is 20.8 Å². The fraction of sp³-hybridized carbons (Fsp3) is 0.933. The molecule has 1 N–H and O–H groups in total. The van der Waals surface area contributed by atoms with Crippen molar-refractivity contribution in [2.45, 2.75) is 64.8 Å². The van der Waals surface area contributed by atoms with Gasteiger partial charge in [0.25, 0.3) is 0 Å². The van der Waals surface area contributed by atoms with Crippen molar-refractivity contribution >= 4 is 5.97 Å². The quantitative estimate of drug-likeness (QED) is 0.748. The van der Waals surface area contributed by atoms with Gasteiger partial charge in [0.15, 0.2) is 0 Å². The van der Waals surface area contributed by atoms with E-state index in [1.54, 1.807) is 0 Å². The van der Waals surface area contributed by atoms with E-state index in [0.717, 1.165) is 26.1 Å².